The zero-order valence-corrected chi connectivity index (χ0v) is 11.8. The number of carbonyl (C=O) groups excluding carboxylic acids is 1. The average molecular weight is 268 g/mol. The Bertz CT molecular complexity index is 465. The van der Waals surface area contributed by atoms with Crippen LogP contribution in [0.15, 0.2) is 18.2 Å². The van der Waals surface area contributed by atoms with E-state index in [0.717, 1.165) is 0 Å². The molecule has 0 aliphatic heterocycles. The summed E-state index contributed by atoms with van der Waals surface area (Å²) >= 11 is 0. The van der Waals surface area contributed by atoms with E-state index in [1.165, 1.54) is 6.07 Å². The van der Waals surface area contributed by atoms with Crippen molar-refractivity contribution in [2.45, 2.75) is 38.8 Å². The van der Waals surface area contributed by atoms with Crippen molar-refractivity contribution in [2.75, 3.05) is 7.05 Å². The van der Waals surface area contributed by atoms with Gasteiger partial charge < -0.3 is 15.8 Å². The molecule has 4 nitrogen and oxygen atoms in total. The first kappa shape index (κ1) is 15.4. The van der Waals surface area contributed by atoms with Crippen molar-refractivity contribution >= 4 is 5.91 Å². The van der Waals surface area contributed by atoms with E-state index in [0.29, 0.717) is 17.7 Å². The highest BCUT2D eigenvalue weighted by molar-refractivity contribution is 5.84. The molecule has 0 saturated heterocycles. The van der Waals surface area contributed by atoms with Crippen LogP contribution in [-0.4, -0.2) is 24.6 Å². The van der Waals surface area contributed by atoms with Crippen molar-refractivity contribution in [1.82, 2.24) is 5.32 Å². The van der Waals surface area contributed by atoms with Gasteiger partial charge in [-0.3, -0.25) is 4.79 Å². The van der Waals surface area contributed by atoms with Gasteiger partial charge in [0.25, 0.3) is 0 Å². The maximum absolute atomic E-state index is 13.1. The number of halogens is 1. The van der Waals surface area contributed by atoms with E-state index in [4.69, 9.17) is 10.5 Å². The molecule has 5 heteroatoms. The molecule has 2 unspecified atom stereocenters. The van der Waals surface area contributed by atoms with Gasteiger partial charge in [-0.25, -0.2) is 4.39 Å². The maximum atomic E-state index is 13.1. The van der Waals surface area contributed by atoms with Crippen LogP contribution in [0.2, 0.25) is 0 Å². The number of benzene rings is 1. The lowest BCUT2D eigenvalue weighted by Gasteiger charge is -2.28. The number of nitrogens with one attached hydrogen (secondary N) is 1. The predicted octanol–water partition coefficient (Wildman–Crippen LogP) is 1.75. The van der Waals surface area contributed by atoms with Crippen LogP contribution in [0.4, 0.5) is 4.39 Å². The monoisotopic (exact) mass is 268 g/mol. The van der Waals surface area contributed by atoms with Gasteiger partial charge in [-0.1, -0.05) is 0 Å². The maximum Gasteiger partial charge on any atom is 0.237 e. The van der Waals surface area contributed by atoms with Crippen LogP contribution in [0.25, 0.3) is 0 Å². The Morgan fingerprint density at radius 2 is 2.21 bits per heavy atom. The lowest BCUT2D eigenvalue weighted by molar-refractivity contribution is -0.124. The number of hydrogen-bond donors (Lipinski definition) is 2. The topological polar surface area (TPSA) is 64.3 Å². The Kier molecular flexibility index (Phi) is 4.89. The average Bonchev–Trinajstić information content (AvgIpc) is 2.33. The number of rotatable bonds is 6. The number of carbonyl (C=O) groups is 1. The van der Waals surface area contributed by atoms with E-state index in [-0.39, 0.29) is 11.9 Å². The largest absolute Gasteiger partial charge is 0.491 e. The van der Waals surface area contributed by atoms with Crippen molar-refractivity contribution in [3.8, 4) is 5.75 Å². The molecule has 1 aromatic carbocycles. The number of hydrogen-bond acceptors (Lipinski definition) is 3. The molecule has 0 bridgehead atoms. The molecule has 0 aliphatic rings. The number of likely N-dealkylation sites (N-methyl/N-ethyl adjacent to an activating group) is 1. The Balaban J connectivity index is 2.71. The van der Waals surface area contributed by atoms with Crippen LogP contribution in [0.3, 0.4) is 0 Å². The lowest BCUT2D eigenvalue weighted by atomic mass is 9.94. The van der Waals surface area contributed by atoms with Gasteiger partial charge in [-0.2, -0.15) is 0 Å². The number of primary amides is 1. The van der Waals surface area contributed by atoms with E-state index in [1.807, 2.05) is 6.92 Å². The van der Waals surface area contributed by atoms with Gasteiger partial charge in [-0.05, 0) is 51.6 Å². The Morgan fingerprint density at radius 1 is 1.58 bits per heavy atom. The molecule has 0 aliphatic carbocycles. The molecular formula is C14H21FN2O2. The molecule has 19 heavy (non-hydrogen) atoms. The van der Waals surface area contributed by atoms with Crippen molar-refractivity contribution in [3.63, 3.8) is 0 Å². The molecule has 1 aromatic rings. The second-order valence-corrected chi connectivity index (χ2v) is 4.99. The molecule has 0 saturated carbocycles. The zero-order valence-electron chi connectivity index (χ0n) is 11.8. The first-order chi connectivity index (χ1) is 8.78. The first-order valence-corrected chi connectivity index (χ1v) is 6.20. The van der Waals surface area contributed by atoms with Crippen molar-refractivity contribution < 1.29 is 13.9 Å². The third kappa shape index (κ3) is 3.92. The highest BCUT2D eigenvalue weighted by Crippen LogP contribution is 2.20. The third-order valence-electron chi connectivity index (χ3n) is 3.26. The van der Waals surface area contributed by atoms with Gasteiger partial charge in [0, 0.05) is 6.42 Å². The predicted molar refractivity (Wildman–Crippen MR) is 72.5 cm³/mol. The summed E-state index contributed by atoms with van der Waals surface area (Å²) < 4.78 is 18.8. The quantitative estimate of drug-likeness (QED) is 0.826. The molecule has 3 N–H and O–H groups in total. The molecule has 0 fully saturated rings. The van der Waals surface area contributed by atoms with E-state index >= 15 is 0 Å². The zero-order chi connectivity index (χ0) is 14.6. The summed E-state index contributed by atoms with van der Waals surface area (Å²) in [5, 5.41) is 2.90. The number of amides is 1. The summed E-state index contributed by atoms with van der Waals surface area (Å²) in [7, 11) is 1.68. The Hall–Kier alpha value is -1.62. The highest BCUT2D eigenvalue weighted by Gasteiger charge is 2.31. The van der Waals surface area contributed by atoms with Crippen molar-refractivity contribution in [3.05, 3.63) is 29.6 Å². The summed E-state index contributed by atoms with van der Waals surface area (Å²) in [6.45, 7) is 5.25. The SMILES string of the molecule is CNC(C)(CC(C)Oc1ccc(F)c(C)c1)C(N)=O. The molecule has 1 amide bonds. The van der Waals surface area contributed by atoms with Gasteiger partial charge in [0.1, 0.15) is 11.6 Å². The van der Waals surface area contributed by atoms with Crippen LogP contribution < -0.4 is 15.8 Å². The summed E-state index contributed by atoms with van der Waals surface area (Å²) in [5.41, 5.74) is 5.06. The van der Waals surface area contributed by atoms with E-state index in [1.54, 1.807) is 33.0 Å². The minimum Gasteiger partial charge on any atom is -0.491 e. The van der Waals surface area contributed by atoms with Crippen LogP contribution in [-0.2, 0) is 4.79 Å². The molecule has 0 spiro atoms. The fourth-order valence-corrected chi connectivity index (χ4v) is 1.87. The van der Waals surface area contributed by atoms with Gasteiger partial charge >= 0.3 is 0 Å². The van der Waals surface area contributed by atoms with Crippen LogP contribution in [0, 0.1) is 12.7 Å². The molecule has 0 aromatic heterocycles. The molecule has 1 rings (SSSR count). The fourth-order valence-electron chi connectivity index (χ4n) is 1.87. The summed E-state index contributed by atoms with van der Waals surface area (Å²) in [5.74, 6) is -0.118. The van der Waals surface area contributed by atoms with Gasteiger partial charge in [-0.15, -0.1) is 0 Å². The van der Waals surface area contributed by atoms with Crippen LogP contribution in [0.5, 0.6) is 5.75 Å². The van der Waals surface area contributed by atoms with E-state index in [9.17, 15) is 9.18 Å². The second kappa shape index (κ2) is 6.02. The minimum atomic E-state index is -0.825. The fraction of sp³-hybridized carbons (Fsp3) is 0.500. The van der Waals surface area contributed by atoms with Gasteiger partial charge in [0.2, 0.25) is 5.91 Å². The summed E-state index contributed by atoms with van der Waals surface area (Å²) in [4.78, 5) is 11.4. The Labute approximate surface area is 113 Å². The van der Waals surface area contributed by atoms with E-state index in [2.05, 4.69) is 5.32 Å². The molecule has 0 heterocycles. The number of nitrogens with two attached hydrogens (primary N) is 1. The third-order valence-corrected chi connectivity index (χ3v) is 3.26. The van der Waals surface area contributed by atoms with Gasteiger partial charge in [0.05, 0.1) is 11.6 Å². The normalized spacial score (nSPS) is 15.6. The highest BCUT2D eigenvalue weighted by atomic mass is 19.1. The molecule has 2 atom stereocenters. The smallest absolute Gasteiger partial charge is 0.237 e. The first-order valence-electron chi connectivity index (χ1n) is 6.20. The Morgan fingerprint density at radius 3 is 2.68 bits per heavy atom. The summed E-state index contributed by atoms with van der Waals surface area (Å²) in [6.07, 6.45) is 0.199. The number of aryl methyl sites for hydroxylation is 1. The molecular weight excluding hydrogens is 247 g/mol. The number of ether oxygens (including phenoxy) is 1. The van der Waals surface area contributed by atoms with Gasteiger partial charge in [0.15, 0.2) is 0 Å². The minimum absolute atomic E-state index is 0.227. The standard InChI is InChI=1S/C14H21FN2O2/c1-9-7-11(5-6-12(9)15)19-10(2)8-14(3,17-4)13(16)18/h5-7,10,17H,8H2,1-4H3,(H2,16,18). The van der Waals surface area contributed by atoms with Crippen molar-refractivity contribution in [2.24, 2.45) is 5.73 Å². The van der Waals surface area contributed by atoms with E-state index < -0.39 is 11.4 Å². The van der Waals surface area contributed by atoms with Crippen LogP contribution in [0.1, 0.15) is 25.8 Å². The molecule has 106 valence electrons. The lowest BCUT2D eigenvalue weighted by Crippen LogP contribution is -2.53. The summed E-state index contributed by atoms with van der Waals surface area (Å²) in [6, 6.07) is 4.56. The molecule has 0 radical (unpaired) electrons. The van der Waals surface area contributed by atoms with Crippen LogP contribution >= 0.6 is 0 Å². The van der Waals surface area contributed by atoms with Crippen molar-refractivity contribution in [1.29, 1.82) is 0 Å². The second-order valence-electron chi connectivity index (χ2n) is 4.99.